The van der Waals surface area contributed by atoms with Gasteiger partial charge in [0.2, 0.25) is 0 Å². The number of hydrogen-bond donors (Lipinski definition) is 2. The first-order valence-corrected chi connectivity index (χ1v) is 13.6. The fourth-order valence-corrected chi connectivity index (χ4v) is 9.70. The van der Waals surface area contributed by atoms with Crippen molar-refractivity contribution < 1.29 is 10.2 Å². The molecule has 0 spiro atoms. The maximum absolute atomic E-state index is 11.0. The lowest BCUT2D eigenvalue weighted by atomic mass is 9.42. The van der Waals surface area contributed by atoms with Crippen molar-refractivity contribution in [3.8, 4) is 0 Å². The van der Waals surface area contributed by atoms with Crippen LogP contribution in [0.1, 0.15) is 113 Å². The molecule has 0 aromatic heterocycles. The molecule has 31 heavy (non-hydrogen) atoms. The van der Waals surface area contributed by atoms with Crippen molar-refractivity contribution >= 4 is 0 Å². The number of rotatable bonds is 4. The van der Waals surface area contributed by atoms with Crippen LogP contribution in [0.5, 0.6) is 0 Å². The monoisotopic (exact) mass is 432 g/mol. The molecule has 4 rings (SSSR count). The smallest absolute Gasteiger partial charge is 0.0672 e. The molecule has 10 atom stereocenters. The van der Waals surface area contributed by atoms with Crippen molar-refractivity contribution in [2.45, 2.75) is 118 Å². The van der Waals surface area contributed by atoms with Crippen LogP contribution in [0.2, 0.25) is 0 Å². The first-order chi connectivity index (χ1) is 14.3. The molecule has 4 aliphatic rings. The second-order valence-electron chi connectivity index (χ2n) is 14.6. The molecule has 0 amide bonds. The summed E-state index contributed by atoms with van der Waals surface area (Å²) in [4.78, 5) is 0. The van der Waals surface area contributed by atoms with E-state index in [0.29, 0.717) is 22.2 Å². The molecule has 180 valence electrons. The van der Waals surface area contributed by atoms with Gasteiger partial charge in [-0.05, 0) is 123 Å². The zero-order valence-electron chi connectivity index (χ0n) is 21.7. The topological polar surface area (TPSA) is 40.5 Å². The van der Waals surface area contributed by atoms with E-state index in [1.807, 2.05) is 6.92 Å². The van der Waals surface area contributed by atoms with Crippen LogP contribution in [0.25, 0.3) is 0 Å². The van der Waals surface area contributed by atoms with Crippen LogP contribution in [0.15, 0.2) is 0 Å². The summed E-state index contributed by atoms with van der Waals surface area (Å²) in [7, 11) is 0. The molecule has 0 aromatic carbocycles. The zero-order valence-corrected chi connectivity index (χ0v) is 21.7. The number of aliphatic hydroxyl groups excluding tert-OH is 1. The van der Waals surface area contributed by atoms with Crippen LogP contribution in [0, 0.1) is 57.7 Å². The molecule has 2 heteroatoms. The van der Waals surface area contributed by atoms with Gasteiger partial charge in [0.1, 0.15) is 0 Å². The molecular formula is C29H52O2. The summed E-state index contributed by atoms with van der Waals surface area (Å²) >= 11 is 0. The van der Waals surface area contributed by atoms with E-state index in [1.165, 1.54) is 51.4 Å². The highest BCUT2D eigenvalue weighted by molar-refractivity contribution is 5.11. The van der Waals surface area contributed by atoms with Gasteiger partial charge in [-0.3, -0.25) is 0 Å². The Morgan fingerprint density at radius 1 is 0.903 bits per heavy atom. The predicted molar refractivity (Wildman–Crippen MR) is 130 cm³/mol. The third-order valence-corrected chi connectivity index (χ3v) is 11.6. The Morgan fingerprint density at radius 3 is 2.23 bits per heavy atom. The van der Waals surface area contributed by atoms with E-state index in [-0.39, 0.29) is 12.5 Å². The first-order valence-electron chi connectivity index (χ1n) is 13.6. The second kappa shape index (κ2) is 8.00. The van der Waals surface area contributed by atoms with E-state index >= 15 is 0 Å². The quantitative estimate of drug-likeness (QED) is 0.498. The summed E-state index contributed by atoms with van der Waals surface area (Å²) in [6.07, 6.45) is 13.0. The van der Waals surface area contributed by atoms with Gasteiger partial charge in [-0.2, -0.15) is 0 Å². The molecule has 4 aliphatic carbocycles. The minimum Gasteiger partial charge on any atom is -0.396 e. The fourth-order valence-electron chi connectivity index (χ4n) is 9.70. The van der Waals surface area contributed by atoms with Gasteiger partial charge >= 0.3 is 0 Å². The number of fused-ring (bicyclic) bond motifs is 5. The van der Waals surface area contributed by atoms with Crippen molar-refractivity contribution in [1.82, 2.24) is 0 Å². The highest BCUT2D eigenvalue weighted by Gasteiger charge is 2.62. The van der Waals surface area contributed by atoms with Crippen LogP contribution in [-0.4, -0.2) is 22.4 Å². The van der Waals surface area contributed by atoms with Crippen molar-refractivity contribution in [3.05, 3.63) is 0 Å². The molecule has 0 aromatic rings. The van der Waals surface area contributed by atoms with E-state index < -0.39 is 5.60 Å². The lowest BCUT2D eigenvalue weighted by Crippen LogP contribution is -2.58. The molecule has 0 unspecified atom stereocenters. The molecule has 0 heterocycles. The third-order valence-electron chi connectivity index (χ3n) is 11.6. The van der Waals surface area contributed by atoms with Crippen LogP contribution < -0.4 is 0 Å². The molecule has 2 N–H and O–H groups in total. The lowest BCUT2D eigenvalue weighted by molar-refractivity contribution is -0.177. The second-order valence-corrected chi connectivity index (χ2v) is 14.6. The summed E-state index contributed by atoms with van der Waals surface area (Å²) in [6.45, 7) is 17.1. The van der Waals surface area contributed by atoms with Gasteiger partial charge in [0, 0.05) is 12.5 Å². The molecule has 0 bridgehead atoms. The Bertz CT molecular complexity index is 648. The molecule has 4 saturated carbocycles. The Morgan fingerprint density at radius 2 is 1.58 bits per heavy atom. The average Bonchev–Trinajstić information content (AvgIpc) is 3.02. The molecule has 0 saturated heterocycles. The Hall–Kier alpha value is -0.0800. The Balaban J connectivity index is 1.52. The van der Waals surface area contributed by atoms with Gasteiger partial charge in [0.25, 0.3) is 0 Å². The maximum Gasteiger partial charge on any atom is 0.0672 e. The molecule has 2 nitrogen and oxygen atoms in total. The highest BCUT2D eigenvalue weighted by Crippen LogP contribution is 2.69. The van der Waals surface area contributed by atoms with Crippen molar-refractivity contribution in [1.29, 1.82) is 0 Å². The lowest BCUT2D eigenvalue weighted by Gasteiger charge is -2.63. The summed E-state index contributed by atoms with van der Waals surface area (Å²) < 4.78 is 0. The van der Waals surface area contributed by atoms with Gasteiger partial charge in [0.15, 0.2) is 0 Å². The van der Waals surface area contributed by atoms with E-state index in [0.717, 1.165) is 42.4 Å². The Labute approximate surface area is 193 Å². The van der Waals surface area contributed by atoms with Crippen LogP contribution >= 0.6 is 0 Å². The van der Waals surface area contributed by atoms with Crippen molar-refractivity contribution in [2.75, 3.05) is 6.61 Å². The predicted octanol–water partition coefficient (Wildman–Crippen LogP) is 7.08. The fraction of sp³-hybridized carbons (Fsp3) is 1.00. The highest BCUT2D eigenvalue weighted by atomic mass is 16.3. The van der Waals surface area contributed by atoms with Gasteiger partial charge in [-0.15, -0.1) is 0 Å². The molecule has 0 radical (unpaired) electrons. The van der Waals surface area contributed by atoms with E-state index in [4.69, 9.17) is 0 Å². The van der Waals surface area contributed by atoms with Gasteiger partial charge < -0.3 is 10.2 Å². The molecule has 4 fully saturated rings. The number of hydrogen-bond acceptors (Lipinski definition) is 2. The first kappa shape index (κ1) is 24.1. The van der Waals surface area contributed by atoms with Crippen LogP contribution in [-0.2, 0) is 0 Å². The SMILES string of the molecule is C[C@H](CCC(C)(C)C)[C@H]1CC[C@H]2[C@@H]3CC[C@H]4C[C@@](C)(O)[C@@H](CO)C[C@]4(C)[C@H]3CC[C@]12C. The average molecular weight is 433 g/mol. The largest absolute Gasteiger partial charge is 0.396 e. The Kier molecular flexibility index (Phi) is 6.21. The third kappa shape index (κ3) is 4.05. The molecule has 0 aliphatic heterocycles. The standard InChI is InChI=1S/C29H52O2/c1-19(12-14-26(2,3)4)23-10-11-24-22-9-8-20-17-29(7,31)21(18-30)16-28(20,6)25(22)13-15-27(23,24)5/h19-25,30-31H,8-18H2,1-7H3/t19-,20+,21-,22+,23-,24+,25+,27-,28+,29-/m1/s1. The van der Waals surface area contributed by atoms with Gasteiger partial charge in [0.05, 0.1) is 5.60 Å². The van der Waals surface area contributed by atoms with E-state index in [1.54, 1.807) is 0 Å². The van der Waals surface area contributed by atoms with Crippen LogP contribution in [0.3, 0.4) is 0 Å². The van der Waals surface area contributed by atoms with Gasteiger partial charge in [-0.25, -0.2) is 0 Å². The minimum absolute atomic E-state index is 0.0505. The summed E-state index contributed by atoms with van der Waals surface area (Å²) in [5.74, 6) is 5.03. The minimum atomic E-state index is -0.685. The number of aliphatic hydroxyl groups is 2. The molecular weight excluding hydrogens is 380 g/mol. The van der Waals surface area contributed by atoms with Crippen molar-refractivity contribution in [2.24, 2.45) is 57.7 Å². The zero-order chi connectivity index (χ0) is 22.8. The maximum atomic E-state index is 11.0. The van der Waals surface area contributed by atoms with E-state index in [9.17, 15) is 10.2 Å². The van der Waals surface area contributed by atoms with Crippen LogP contribution in [0.4, 0.5) is 0 Å². The summed E-state index contributed by atoms with van der Waals surface area (Å²) in [5.41, 5.74) is 0.618. The van der Waals surface area contributed by atoms with E-state index in [2.05, 4.69) is 41.5 Å². The summed E-state index contributed by atoms with van der Waals surface area (Å²) in [5, 5.41) is 21.1. The van der Waals surface area contributed by atoms with Gasteiger partial charge in [-0.1, -0.05) is 41.5 Å². The van der Waals surface area contributed by atoms with Crippen molar-refractivity contribution in [3.63, 3.8) is 0 Å². The summed E-state index contributed by atoms with van der Waals surface area (Å²) in [6, 6.07) is 0. The normalized spacial score (nSPS) is 51.0.